The highest BCUT2D eigenvalue weighted by atomic mass is 17.1. The van der Waals surface area contributed by atoms with Crippen LogP contribution in [0.25, 0.3) is 0 Å². The first kappa shape index (κ1) is 10.8. The van der Waals surface area contributed by atoms with Crippen molar-refractivity contribution in [1.82, 2.24) is 0 Å². The molecule has 5 nitrogen and oxygen atoms in total. The number of rotatable bonds is 4. The Labute approximate surface area is 81.0 Å². The molecule has 1 aromatic carbocycles. The lowest BCUT2D eigenvalue weighted by Gasteiger charge is -2.15. The van der Waals surface area contributed by atoms with Crippen LogP contribution in [0.15, 0.2) is 30.3 Å². The third-order valence-corrected chi connectivity index (χ3v) is 1.71. The van der Waals surface area contributed by atoms with Gasteiger partial charge in [0, 0.05) is 5.56 Å². The van der Waals surface area contributed by atoms with Gasteiger partial charge in [0.1, 0.15) is 0 Å². The van der Waals surface area contributed by atoms with Gasteiger partial charge in [-0.15, -0.1) is 0 Å². The summed E-state index contributed by atoms with van der Waals surface area (Å²) in [5, 5.41) is 17.0. The fraction of sp³-hybridized carbons (Fsp3) is 0.222. The van der Waals surface area contributed by atoms with Crippen molar-refractivity contribution in [2.75, 3.05) is 0 Å². The van der Waals surface area contributed by atoms with Crippen LogP contribution in [0.2, 0.25) is 0 Å². The van der Waals surface area contributed by atoms with Gasteiger partial charge in [-0.25, -0.2) is 0 Å². The molecule has 1 rings (SSSR count). The van der Waals surface area contributed by atoms with Crippen LogP contribution in [-0.4, -0.2) is 17.1 Å². The fourth-order valence-electron chi connectivity index (χ4n) is 1.04. The minimum Gasteiger partial charge on any atom is -0.566 e. The van der Waals surface area contributed by atoms with Crippen LogP contribution in [0.1, 0.15) is 17.3 Å². The molecular weight excluding hydrogens is 186 g/mol. The van der Waals surface area contributed by atoms with Crippen molar-refractivity contribution < 1.29 is 20.2 Å². The molecule has 5 heteroatoms. The Kier molecular flexibility index (Phi) is 3.73. The van der Waals surface area contributed by atoms with Crippen LogP contribution in [0.3, 0.4) is 0 Å². The molecule has 0 saturated heterocycles. The van der Waals surface area contributed by atoms with Gasteiger partial charge in [-0.2, -0.15) is 10.0 Å². The molecule has 0 radical (unpaired) electrons. The number of hydrogen-bond acceptors (Lipinski definition) is 4. The second kappa shape index (κ2) is 4.83. The lowest BCUT2D eigenvalue weighted by Crippen LogP contribution is -3.04. The highest BCUT2D eigenvalue weighted by Gasteiger charge is 2.18. The molecule has 1 aromatic rings. The lowest BCUT2D eigenvalue weighted by molar-refractivity contribution is -1.21. The first-order chi connectivity index (χ1) is 6.61. The molecule has 2 atom stereocenters. The van der Waals surface area contributed by atoms with Gasteiger partial charge in [-0.3, -0.25) is 4.79 Å². The second-order valence-corrected chi connectivity index (χ2v) is 2.76. The highest BCUT2D eigenvalue weighted by molar-refractivity contribution is 5.99. The fourth-order valence-corrected chi connectivity index (χ4v) is 1.04. The van der Waals surface area contributed by atoms with E-state index in [-0.39, 0.29) is 5.78 Å². The molecule has 76 valence electrons. The first-order valence-corrected chi connectivity index (χ1v) is 4.10. The molecule has 0 bridgehead atoms. The van der Waals surface area contributed by atoms with Crippen molar-refractivity contribution in [1.29, 1.82) is 0 Å². The first-order valence-electron chi connectivity index (χ1n) is 4.10. The smallest absolute Gasteiger partial charge is 0.197 e. The van der Waals surface area contributed by atoms with E-state index in [9.17, 15) is 10.0 Å². The quantitative estimate of drug-likeness (QED) is 0.524. The van der Waals surface area contributed by atoms with E-state index in [1.165, 1.54) is 6.92 Å². The molecule has 0 aliphatic heterocycles. The third kappa shape index (κ3) is 2.90. The molecule has 0 aliphatic carbocycles. The second-order valence-electron chi connectivity index (χ2n) is 2.76. The molecule has 0 spiro atoms. The maximum Gasteiger partial charge on any atom is 0.197 e. The van der Waals surface area contributed by atoms with E-state index in [1.807, 2.05) is 0 Å². The van der Waals surface area contributed by atoms with Crippen LogP contribution in [0.5, 0.6) is 0 Å². The summed E-state index contributed by atoms with van der Waals surface area (Å²) in [5.74, 6) is -0.340. The summed E-state index contributed by atoms with van der Waals surface area (Å²) in [5.41, 5.74) is 0.446. The lowest BCUT2D eigenvalue weighted by atomic mass is 10.1. The zero-order valence-electron chi connectivity index (χ0n) is 7.64. The Balaban J connectivity index is 2.66. The number of hydrogen-bond donors (Lipinski definition) is 2. The van der Waals surface area contributed by atoms with Crippen LogP contribution >= 0.6 is 0 Å². The Morgan fingerprint density at radius 2 is 2.07 bits per heavy atom. The maximum atomic E-state index is 11.5. The summed E-state index contributed by atoms with van der Waals surface area (Å²) in [6.45, 7) is 1.41. The summed E-state index contributed by atoms with van der Waals surface area (Å²) in [6.07, 6.45) is -0.963. The molecule has 0 fully saturated rings. The van der Waals surface area contributed by atoms with Crippen LogP contribution in [0, 0.1) is 5.21 Å². The van der Waals surface area contributed by atoms with Gasteiger partial charge >= 0.3 is 0 Å². The standard InChI is InChI=1S/C9H11NO4/c1-7(14-10(12)13)9(11)8-5-3-2-4-6-8/h2-7,10,12H,1H3. The summed E-state index contributed by atoms with van der Waals surface area (Å²) < 4.78 is 0. The summed E-state index contributed by atoms with van der Waals surface area (Å²) >= 11 is 0. The van der Waals surface area contributed by atoms with Gasteiger partial charge in [0.05, 0.1) is 0 Å². The van der Waals surface area contributed by atoms with Crippen molar-refractivity contribution >= 4 is 5.78 Å². The Morgan fingerprint density at radius 1 is 1.50 bits per heavy atom. The summed E-state index contributed by atoms with van der Waals surface area (Å²) in [6, 6.07) is 8.43. The Bertz CT molecular complexity index is 299. The zero-order valence-corrected chi connectivity index (χ0v) is 7.64. The topological polar surface area (TPSA) is 74.0 Å². The molecular formula is C9H11NO4. The minimum atomic E-state index is -1.44. The highest BCUT2D eigenvalue weighted by Crippen LogP contribution is 2.03. The minimum absolute atomic E-state index is 0.340. The van der Waals surface area contributed by atoms with Gasteiger partial charge < -0.3 is 5.21 Å². The van der Waals surface area contributed by atoms with Crippen LogP contribution < -0.4 is 5.39 Å². The van der Waals surface area contributed by atoms with Gasteiger partial charge in [0.2, 0.25) is 0 Å². The Morgan fingerprint density at radius 3 is 2.57 bits per heavy atom. The van der Waals surface area contributed by atoms with Crippen molar-refractivity contribution in [2.45, 2.75) is 13.0 Å². The summed E-state index contributed by atoms with van der Waals surface area (Å²) in [4.78, 5) is 15.8. The van der Waals surface area contributed by atoms with Gasteiger partial charge in [-0.1, -0.05) is 35.7 Å². The molecule has 0 aliphatic rings. The average Bonchev–Trinajstić information content (AvgIpc) is 2.17. The predicted molar refractivity (Wildman–Crippen MR) is 47.4 cm³/mol. The predicted octanol–water partition coefficient (Wildman–Crippen LogP) is -0.0387. The van der Waals surface area contributed by atoms with Crippen LogP contribution in [0.4, 0.5) is 0 Å². The van der Waals surface area contributed by atoms with Crippen molar-refractivity contribution in [3.05, 3.63) is 41.1 Å². The van der Waals surface area contributed by atoms with E-state index in [0.717, 1.165) is 0 Å². The van der Waals surface area contributed by atoms with E-state index in [1.54, 1.807) is 30.3 Å². The van der Waals surface area contributed by atoms with Crippen LogP contribution in [-0.2, 0) is 4.84 Å². The van der Waals surface area contributed by atoms with E-state index in [0.29, 0.717) is 5.56 Å². The molecule has 14 heavy (non-hydrogen) atoms. The van der Waals surface area contributed by atoms with E-state index in [2.05, 4.69) is 4.84 Å². The zero-order chi connectivity index (χ0) is 10.6. The number of benzene rings is 1. The SMILES string of the molecule is CC(O[NH+]([O-])O)C(=O)c1ccccc1. The number of quaternary nitrogens is 1. The van der Waals surface area contributed by atoms with Crippen molar-refractivity contribution in [3.8, 4) is 0 Å². The number of Topliss-reactive ketones (excluding diaryl/α,β-unsaturated/α-hetero) is 1. The number of carbonyl (C=O) groups excluding carboxylic acids is 1. The van der Waals surface area contributed by atoms with E-state index >= 15 is 0 Å². The Hall–Kier alpha value is -1.27. The average molecular weight is 197 g/mol. The third-order valence-electron chi connectivity index (χ3n) is 1.71. The van der Waals surface area contributed by atoms with E-state index in [4.69, 9.17) is 5.21 Å². The molecule has 0 aromatic heterocycles. The van der Waals surface area contributed by atoms with E-state index < -0.39 is 11.5 Å². The van der Waals surface area contributed by atoms with Crippen molar-refractivity contribution in [3.63, 3.8) is 0 Å². The normalized spacial score (nSPS) is 14.8. The van der Waals surface area contributed by atoms with Gasteiger partial charge in [-0.05, 0) is 6.92 Å². The molecule has 0 heterocycles. The monoisotopic (exact) mass is 197 g/mol. The number of nitrogens with one attached hydrogen (secondary N) is 1. The maximum absolute atomic E-state index is 11.5. The molecule has 0 amide bonds. The van der Waals surface area contributed by atoms with Gasteiger partial charge in [0.25, 0.3) is 0 Å². The van der Waals surface area contributed by atoms with Gasteiger partial charge in [0.15, 0.2) is 11.9 Å². The number of carbonyl (C=O) groups is 1. The molecule has 2 N–H and O–H groups in total. The largest absolute Gasteiger partial charge is 0.566 e. The molecule has 0 saturated carbocycles. The van der Waals surface area contributed by atoms with Crippen molar-refractivity contribution in [2.24, 2.45) is 0 Å². The summed E-state index contributed by atoms with van der Waals surface area (Å²) in [7, 11) is 0. The molecule has 2 unspecified atom stereocenters. The number of ketones is 1.